The standard InChI is InChI=1S/C24H25N3O3/c1-16(28)21-15-27(23-6-4-3-5-19(21)23)12-10-24(29)25-11-9-17-14-26-22-8-7-18(30-2)13-20(17)22/h3-8,13-15,26H,9-12H2,1-2H3,(H,25,29). The van der Waals surface area contributed by atoms with Gasteiger partial charge >= 0.3 is 0 Å². The quantitative estimate of drug-likeness (QED) is 0.435. The highest BCUT2D eigenvalue weighted by atomic mass is 16.5. The van der Waals surface area contributed by atoms with Gasteiger partial charge in [0.1, 0.15) is 5.75 Å². The van der Waals surface area contributed by atoms with Crippen LogP contribution in [0.1, 0.15) is 29.3 Å². The molecule has 6 nitrogen and oxygen atoms in total. The lowest BCUT2D eigenvalue weighted by molar-refractivity contribution is -0.121. The zero-order valence-corrected chi connectivity index (χ0v) is 17.2. The fourth-order valence-electron chi connectivity index (χ4n) is 3.85. The summed E-state index contributed by atoms with van der Waals surface area (Å²) >= 11 is 0. The molecule has 0 unspecified atom stereocenters. The van der Waals surface area contributed by atoms with Crippen LogP contribution in [-0.4, -0.2) is 34.9 Å². The summed E-state index contributed by atoms with van der Waals surface area (Å²) in [4.78, 5) is 27.5. The number of para-hydroxylation sites is 1. The Bertz CT molecular complexity index is 1220. The number of benzene rings is 2. The van der Waals surface area contributed by atoms with Crippen LogP contribution in [0.15, 0.2) is 54.9 Å². The van der Waals surface area contributed by atoms with Crippen molar-refractivity contribution in [1.82, 2.24) is 14.9 Å². The number of ether oxygens (including phenoxy) is 1. The van der Waals surface area contributed by atoms with Crippen LogP contribution in [-0.2, 0) is 17.8 Å². The van der Waals surface area contributed by atoms with Crippen LogP contribution in [0.25, 0.3) is 21.8 Å². The molecule has 0 fully saturated rings. The lowest BCUT2D eigenvalue weighted by Gasteiger charge is -2.07. The molecule has 0 radical (unpaired) electrons. The van der Waals surface area contributed by atoms with Crippen molar-refractivity contribution in [2.24, 2.45) is 0 Å². The second kappa shape index (κ2) is 8.45. The molecule has 0 atom stereocenters. The Hall–Kier alpha value is -3.54. The van der Waals surface area contributed by atoms with E-state index < -0.39 is 0 Å². The molecule has 2 heterocycles. The van der Waals surface area contributed by atoms with Crippen molar-refractivity contribution in [2.45, 2.75) is 26.3 Å². The van der Waals surface area contributed by atoms with Gasteiger partial charge in [-0.1, -0.05) is 18.2 Å². The topological polar surface area (TPSA) is 76.1 Å². The van der Waals surface area contributed by atoms with Gasteiger partial charge in [0.25, 0.3) is 0 Å². The van der Waals surface area contributed by atoms with Crippen molar-refractivity contribution in [2.75, 3.05) is 13.7 Å². The molecule has 2 aromatic carbocycles. The summed E-state index contributed by atoms with van der Waals surface area (Å²) in [5, 5.41) is 5.04. The fraction of sp³-hybridized carbons (Fsp3) is 0.250. The Morgan fingerprint density at radius 3 is 2.77 bits per heavy atom. The number of fused-ring (bicyclic) bond motifs is 2. The molecule has 30 heavy (non-hydrogen) atoms. The van der Waals surface area contributed by atoms with Crippen molar-refractivity contribution >= 4 is 33.5 Å². The summed E-state index contributed by atoms with van der Waals surface area (Å²) in [6.45, 7) is 2.66. The van der Waals surface area contributed by atoms with E-state index in [4.69, 9.17) is 4.74 Å². The van der Waals surface area contributed by atoms with Crippen LogP contribution in [0.2, 0.25) is 0 Å². The molecule has 1 amide bonds. The van der Waals surface area contributed by atoms with Crippen LogP contribution >= 0.6 is 0 Å². The molecule has 0 bridgehead atoms. The Kier molecular flexibility index (Phi) is 5.57. The van der Waals surface area contributed by atoms with Gasteiger partial charge in [-0.2, -0.15) is 0 Å². The number of Topliss-reactive ketones (excluding diaryl/α,β-unsaturated/α-hetero) is 1. The molecule has 154 valence electrons. The maximum atomic E-state index is 12.4. The summed E-state index contributed by atoms with van der Waals surface area (Å²) in [6, 6.07) is 13.7. The van der Waals surface area contributed by atoms with E-state index in [0.29, 0.717) is 25.1 Å². The third-order valence-electron chi connectivity index (χ3n) is 5.44. The molecule has 0 aliphatic heterocycles. The first kappa shape index (κ1) is 19.8. The monoisotopic (exact) mass is 403 g/mol. The number of carbonyl (C=O) groups excluding carboxylic acids is 2. The highest BCUT2D eigenvalue weighted by molar-refractivity contribution is 6.07. The first-order valence-corrected chi connectivity index (χ1v) is 10.1. The number of hydrogen-bond acceptors (Lipinski definition) is 3. The van der Waals surface area contributed by atoms with Crippen molar-refractivity contribution in [3.8, 4) is 5.75 Å². The molecular weight excluding hydrogens is 378 g/mol. The second-order valence-corrected chi connectivity index (χ2v) is 7.38. The third kappa shape index (κ3) is 3.94. The van der Waals surface area contributed by atoms with Crippen molar-refractivity contribution in [3.05, 3.63) is 66.0 Å². The van der Waals surface area contributed by atoms with E-state index in [1.54, 1.807) is 14.0 Å². The van der Waals surface area contributed by atoms with Gasteiger partial charge in [0, 0.05) is 59.3 Å². The Morgan fingerprint density at radius 2 is 1.97 bits per heavy atom. The number of rotatable bonds is 8. The molecular formula is C24H25N3O3. The minimum atomic E-state index is -0.00502. The minimum absolute atomic E-state index is 0.00502. The predicted molar refractivity (Wildman–Crippen MR) is 118 cm³/mol. The van der Waals surface area contributed by atoms with Crippen LogP contribution in [0.3, 0.4) is 0 Å². The van der Waals surface area contributed by atoms with E-state index in [2.05, 4.69) is 10.3 Å². The SMILES string of the molecule is COc1ccc2[nH]cc(CCNC(=O)CCn3cc(C(C)=O)c4ccccc43)c2c1. The summed E-state index contributed by atoms with van der Waals surface area (Å²) in [5.74, 6) is 0.843. The number of nitrogens with one attached hydrogen (secondary N) is 2. The number of H-pyrrole nitrogens is 1. The number of aromatic amines is 1. The molecule has 4 rings (SSSR count). The number of aryl methyl sites for hydroxylation is 1. The lowest BCUT2D eigenvalue weighted by Crippen LogP contribution is -2.26. The summed E-state index contributed by atoms with van der Waals surface area (Å²) in [5.41, 5.74) is 3.87. The maximum Gasteiger partial charge on any atom is 0.221 e. The van der Waals surface area contributed by atoms with E-state index in [9.17, 15) is 9.59 Å². The van der Waals surface area contributed by atoms with Gasteiger partial charge in [0.05, 0.1) is 7.11 Å². The van der Waals surface area contributed by atoms with Crippen molar-refractivity contribution in [3.63, 3.8) is 0 Å². The minimum Gasteiger partial charge on any atom is -0.497 e. The normalized spacial score (nSPS) is 11.1. The number of aromatic nitrogens is 2. The van der Waals surface area contributed by atoms with Crippen LogP contribution in [0, 0.1) is 0 Å². The van der Waals surface area contributed by atoms with E-state index in [1.165, 1.54) is 0 Å². The van der Waals surface area contributed by atoms with Crippen molar-refractivity contribution in [1.29, 1.82) is 0 Å². The number of ketones is 1. The molecule has 0 spiro atoms. The molecule has 0 aliphatic rings. The molecule has 2 aromatic heterocycles. The summed E-state index contributed by atoms with van der Waals surface area (Å²) in [6.07, 6.45) is 4.92. The second-order valence-electron chi connectivity index (χ2n) is 7.38. The maximum absolute atomic E-state index is 12.4. The first-order valence-electron chi connectivity index (χ1n) is 10.1. The summed E-state index contributed by atoms with van der Waals surface area (Å²) in [7, 11) is 1.65. The number of methoxy groups -OCH3 is 1. The molecule has 0 saturated heterocycles. The van der Waals surface area contributed by atoms with E-state index in [1.807, 2.05) is 59.4 Å². The smallest absolute Gasteiger partial charge is 0.221 e. The summed E-state index contributed by atoms with van der Waals surface area (Å²) < 4.78 is 7.29. The predicted octanol–water partition coefficient (Wildman–Crippen LogP) is 4.08. The van der Waals surface area contributed by atoms with Gasteiger partial charge in [0.15, 0.2) is 5.78 Å². The average Bonchev–Trinajstić information content (AvgIpc) is 3.33. The number of hydrogen-bond donors (Lipinski definition) is 2. The van der Waals surface area contributed by atoms with Gasteiger partial charge in [-0.15, -0.1) is 0 Å². The fourth-order valence-corrected chi connectivity index (χ4v) is 3.85. The van der Waals surface area contributed by atoms with Crippen LogP contribution < -0.4 is 10.1 Å². The molecule has 4 aromatic rings. The first-order chi connectivity index (χ1) is 14.6. The van der Waals surface area contributed by atoms with Gasteiger partial charge < -0.3 is 19.6 Å². The van der Waals surface area contributed by atoms with Gasteiger partial charge in [0.2, 0.25) is 5.91 Å². The van der Waals surface area contributed by atoms with Crippen LogP contribution in [0.4, 0.5) is 0 Å². The highest BCUT2D eigenvalue weighted by Crippen LogP contribution is 2.24. The highest BCUT2D eigenvalue weighted by Gasteiger charge is 2.12. The van der Waals surface area contributed by atoms with E-state index in [0.717, 1.165) is 39.5 Å². The number of amides is 1. The van der Waals surface area contributed by atoms with E-state index in [-0.39, 0.29) is 11.7 Å². The largest absolute Gasteiger partial charge is 0.497 e. The number of carbonyl (C=O) groups is 2. The molecule has 2 N–H and O–H groups in total. The Balaban J connectivity index is 1.35. The molecule has 0 aliphatic carbocycles. The van der Waals surface area contributed by atoms with Gasteiger partial charge in [-0.05, 0) is 43.2 Å². The zero-order valence-electron chi connectivity index (χ0n) is 17.2. The Morgan fingerprint density at radius 1 is 1.13 bits per heavy atom. The Labute approximate surface area is 174 Å². The average molecular weight is 403 g/mol. The third-order valence-corrected chi connectivity index (χ3v) is 5.44. The van der Waals surface area contributed by atoms with Crippen molar-refractivity contribution < 1.29 is 14.3 Å². The number of nitrogens with zero attached hydrogens (tertiary/aromatic N) is 1. The van der Waals surface area contributed by atoms with Crippen LogP contribution in [0.5, 0.6) is 5.75 Å². The van der Waals surface area contributed by atoms with Gasteiger partial charge in [-0.25, -0.2) is 0 Å². The molecule has 0 saturated carbocycles. The zero-order chi connectivity index (χ0) is 21.1. The lowest BCUT2D eigenvalue weighted by atomic mass is 10.1. The van der Waals surface area contributed by atoms with E-state index >= 15 is 0 Å². The molecule has 6 heteroatoms. The van der Waals surface area contributed by atoms with Gasteiger partial charge in [-0.3, -0.25) is 9.59 Å².